The molecule has 0 saturated heterocycles. The summed E-state index contributed by atoms with van der Waals surface area (Å²) >= 11 is 3.43. The van der Waals surface area contributed by atoms with Crippen LogP contribution in [0.4, 0.5) is 0 Å². The Balaban J connectivity index is 2.53. The van der Waals surface area contributed by atoms with Crippen LogP contribution in [0.5, 0.6) is 5.75 Å². The van der Waals surface area contributed by atoms with Crippen LogP contribution in [-0.4, -0.2) is 5.11 Å². The van der Waals surface area contributed by atoms with Crippen molar-refractivity contribution in [3.05, 3.63) is 40.9 Å². The number of halogens is 1. The van der Waals surface area contributed by atoms with Gasteiger partial charge in [-0.15, -0.1) is 0 Å². The topological polar surface area (TPSA) is 33.4 Å². The molecule has 0 radical (unpaired) electrons. The predicted octanol–water partition coefficient (Wildman–Crippen LogP) is 4.05. The monoisotopic (exact) mass is 262 g/mol. The highest BCUT2D eigenvalue weighted by atomic mass is 79.9. The molecule has 1 heterocycles. The van der Waals surface area contributed by atoms with Crippen LogP contribution >= 0.6 is 15.9 Å². The Morgan fingerprint density at radius 1 is 0.933 bits per heavy atom. The Hall–Kier alpha value is -1.48. The number of furan rings is 1. The van der Waals surface area contributed by atoms with Crippen molar-refractivity contribution >= 4 is 37.9 Å². The molecule has 0 amide bonds. The highest BCUT2D eigenvalue weighted by Crippen LogP contribution is 2.32. The van der Waals surface area contributed by atoms with Crippen LogP contribution in [0.3, 0.4) is 0 Å². The van der Waals surface area contributed by atoms with Crippen molar-refractivity contribution in [3.63, 3.8) is 0 Å². The van der Waals surface area contributed by atoms with Crippen LogP contribution in [0.2, 0.25) is 0 Å². The summed E-state index contributed by atoms with van der Waals surface area (Å²) in [6.45, 7) is 0. The van der Waals surface area contributed by atoms with Crippen molar-refractivity contribution in [3.8, 4) is 5.75 Å². The van der Waals surface area contributed by atoms with E-state index in [2.05, 4.69) is 15.9 Å². The number of phenolic OH excluding ortho intramolecular Hbond substituents is 1. The van der Waals surface area contributed by atoms with E-state index in [0.717, 1.165) is 20.8 Å². The van der Waals surface area contributed by atoms with Gasteiger partial charge in [-0.25, -0.2) is 0 Å². The Morgan fingerprint density at radius 2 is 1.80 bits per heavy atom. The quantitative estimate of drug-likeness (QED) is 0.663. The first kappa shape index (κ1) is 8.80. The molecule has 3 heteroatoms. The molecule has 0 aliphatic heterocycles. The molecule has 0 atom stereocenters. The number of benzene rings is 2. The Morgan fingerprint density at radius 3 is 2.67 bits per heavy atom. The molecular weight excluding hydrogens is 256 g/mol. The summed E-state index contributed by atoms with van der Waals surface area (Å²) in [5.41, 5.74) is 1.54. The maximum absolute atomic E-state index is 9.34. The molecule has 1 aromatic heterocycles. The van der Waals surface area contributed by atoms with Crippen molar-refractivity contribution in [1.29, 1.82) is 0 Å². The fourth-order valence-electron chi connectivity index (χ4n) is 1.74. The molecular formula is C12H7BrO2. The van der Waals surface area contributed by atoms with Crippen LogP contribution < -0.4 is 0 Å². The molecule has 2 nitrogen and oxygen atoms in total. The third kappa shape index (κ3) is 1.31. The Labute approximate surface area is 94.3 Å². The molecule has 0 aliphatic carbocycles. The molecule has 0 fully saturated rings. The van der Waals surface area contributed by atoms with Gasteiger partial charge in [0.2, 0.25) is 0 Å². The third-order valence-corrected chi connectivity index (χ3v) is 2.91. The zero-order valence-corrected chi connectivity index (χ0v) is 9.28. The third-order valence-electron chi connectivity index (χ3n) is 2.42. The van der Waals surface area contributed by atoms with Crippen molar-refractivity contribution in [2.75, 3.05) is 0 Å². The summed E-state index contributed by atoms with van der Waals surface area (Å²) in [6.07, 6.45) is 0. The SMILES string of the molecule is Oc1ccc2c(c1)oc1ccc(Br)cc12. The lowest BCUT2D eigenvalue weighted by Gasteiger charge is -1.91. The van der Waals surface area contributed by atoms with Crippen molar-refractivity contribution in [1.82, 2.24) is 0 Å². The lowest BCUT2D eigenvalue weighted by atomic mass is 10.1. The first-order valence-corrected chi connectivity index (χ1v) is 5.34. The smallest absolute Gasteiger partial charge is 0.139 e. The minimum atomic E-state index is 0.223. The van der Waals surface area contributed by atoms with Crippen molar-refractivity contribution in [2.45, 2.75) is 0 Å². The summed E-state index contributed by atoms with van der Waals surface area (Å²) < 4.78 is 6.63. The second-order valence-corrected chi connectivity index (χ2v) is 4.34. The number of phenols is 1. The number of fused-ring (bicyclic) bond motifs is 3. The normalized spacial score (nSPS) is 11.3. The minimum absolute atomic E-state index is 0.223. The van der Waals surface area contributed by atoms with E-state index in [4.69, 9.17) is 4.42 Å². The maximum atomic E-state index is 9.34. The molecule has 0 unspecified atom stereocenters. The molecule has 0 aliphatic rings. The molecule has 15 heavy (non-hydrogen) atoms. The molecule has 74 valence electrons. The number of hydrogen-bond acceptors (Lipinski definition) is 2. The summed E-state index contributed by atoms with van der Waals surface area (Å²) in [7, 11) is 0. The van der Waals surface area contributed by atoms with Crippen LogP contribution in [0.15, 0.2) is 45.3 Å². The molecule has 2 aromatic carbocycles. The standard InChI is InChI=1S/C12H7BrO2/c13-7-1-4-11-10(5-7)9-3-2-8(14)6-12(9)15-11/h1-6,14H. The van der Waals surface area contributed by atoms with Gasteiger partial charge in [0.1, 0.15) is 16.9 Å². The van der Waals surface area contributed by atoms with Crippen LogP contribution in [-0.2, 0) is 0 Å². The van der Waals surface area contributed by atoms with Crippen LogP contribution in [0.25, 0.3) is 21.9 Å². The van der Waals surface area contributed by atoms with Crippen LogP contribution in [0, 0.1) is 0 Å². The molecule has 3 rings (SSSR count). The van der Waals surface area contributed by atoms with E-state index >= 15 is 0 Å². The predicted molar refractivity (Wildman–Crippen MR) is 63.1 cm³/mol. The van der Waals surface area contributed by atoms with E-state index in [1.54, 1.807) is 12.1 Å². The number of rotatable bonds is 0. The first-order chi connectivity index (χ1) is 7.24. The van der Waals surface area contributed by atoms with Gasteiger partial charge in [-0.3, -0.25) is 0 Å². The minimum Gasteiger partial charge on any atom is -0.508 e. The number of hydrogen-bond donors (Lipinski definition) is 1. The van der Waals surface area contributed by atoms with E-state index in [1.165, 1.54) is 0 Å². The van der Waals surface area contributed by atoms with Gasteiger partial charge in [-0.1, -0.05) is 15.9 Å². The first-order valence-electron chi connectivity index (χ1n) is 4.55. The average molecular weight is 263 g/mol. The van der Waals surface area contributed by atoms with Crippen LogP contribution in [0.1, 0.15) is 0 Å². The van der Waals surface area contributed by atoms with Gasteiger partial charge in [0.25, 0.3) is 0 Å². The van der Waals surface area contributed by atoms with Crippen molar-refractivity contribution < 1.29 is 9.52 Å². The van der Waals surface area contributed by atoms with Gasteiger partial charge in [0.05, 0.1) is 0 Å². The maximum Gasteiger partial charge on any atom is 0.139 e. The Kier molecular flexibility index (Phi) is 1.76. The highest BCUT2D eigenvalue weighted by Gasteiger charge is 2.07. The zero-order chi connectivity index (χ0) is 10.4. The number of aromatic hydroxyl groups is 1. The molecule has 0 saturated carbocycles. The fourth-order valence-corrected chi connectivity index (χ4v) is 2.10. The highest BCUT2D eigenvalue weighted by molar-refractivity contribution is 9.10. The lowest BCUT2D eigenvalue weighted by Crippen LogP contribution is -1.67. The molecule has 0 bridgehead atoms. The van der Waals surface area contributed by atoms with E-state index in [0.29, 0.717) is 5.58 Å². The molecule has 0 spiro atoms. The summed E-state index contributed by atoms with van der Waals surface area (Å²) in [5, 5.41) is 11.4. The van der Waals surface area contributed by atoms with Gasteiger partial charge in [0.15, 0.2) is 0 Å². The summed E-state index contributed by atoms with van der Waals surface area (Å²) in [6, 6.07) is 11.0. The second-order valence-electron chi connectivity index (χ2n) is 3.42. The largest absolute Gasteiger partial charge is 0.508 e. The summed E-state index contributed by atoms with van der Waals surface area (Å²) in [5.74, 6) is 0.223. The van der Waals surface area contributed by atoms with Gasteiger partial charge >= 0.3 is 0 Å². The van der Waals surface area contributed by atoms with Crippen molar-refractivity contribution in [2.24, 2.45) is 0 Å². The second kappa shape index (κ2) is 3.00. The van der Waals surface area contributed by atoms with E-state index < -0.39 is 0 Å². The van der Waals surface area contributed by atoms with E-state index in [-0.39, 0.29) is 5.75 Å². The van der Waals surface area contributed by atoms with E-state index in [1.807, 2.05) is 24.3 Å². The lowest BCUT2D eigenvalue weighted by molar-refractivity contribution is 0.475. The Bertz CT molecular complexity index is 655. The van der Waals surface area contributed by atoms with Gasteiger partial charge < -0.3 is 9.52 Å². The van der Waals surface area contributed by atoms with E-state index in [9.17, 15) is 5.11 Å². The average Bonchev–Trinajstić information content (AvgIpc) is 2.54. The summed E-state index contributed by atoms with van der Waals surface area (Å²) in [4.78, 5) is 0. The molecule has 3 aromatic rings. The van der Waals surface area contributed by atoms with Gasteiger partial charge in [-0.05, 0) is 30.3 Å². The molecule has 1 N–H and O–H groups in total. The zero-order valence-electron chi connectivity index (χ0n) is 7.70. The van der Waals surface area contributed by atoms with Gasteiger partial charge in [-0.2, -0.15) is 0 Å². The fraction of sp³-hybridized carbons (Fsp3) is 0. The van der Waals surface area contributed by atoms with Gasteiger partial charge in [0, 0.05) is 21.3 Å².